The Labute approximate surface area is 186 Å². The van der Waals surface area contributed by atoms with Crippen LogP contribution in [0, 0.1) is 0 Å². The number of rotatable bonds is 8. The number of para-hydroxylation sites is 2. The molecule has 3 heterocycles. The highest BCUT2D eigenvalue weighted by atomic mass is 16.5. The first-order valence-corrected chi connectivity index (χ1v) is 11.0. The van der Waals surface area contributed by atoms with E-state index in [1.807, 2.05) is 66.7 Å². The van der Waals surface area contributed by atoms with Gasteiger partial charge in [0.2, 0.25) is 0 Å². The van der Waals surface area contributed by atoms with Crippen LogP contribution in [0.25, 0.3) is 11.0 Å². The summed E-state index contributed by atoms with van der Waals surface area (Å²) < 4.78 is 17.6. The zero-order chi connectivity index (χ0) is 21.8. The highest BCUT2D eigenvalue weighted by Crippen LogP contribution is 2.28. The molecule has 1 atom stereocenters. The van der Waals surface area contributed by atoms with Gasteiger partial charge in [0.05, 0.1) is 12.3 Å². The summed E-state index contributed by atoms with van der Waals surface area (Å²) in [4.78, 5) is 15.6. The lowest BCUT2D eigenvalue weighted by Crippen LogP contribution is -2.36. The molecule has 6 nitrogen and oxygen atoms in total. The van der Waals surface area contributed by atoms with Gasteiger partial charge in [-0.3, -0.25) is 9.69 Å². The second-order valence-electron chi connectivity index (χ2n) is 7.99. The van der Waals surface area contributed by atoms with Crippen LogP contribution in [0.1, 0.15) is 40.8 Å². The molecule has 6 heteroatoms. The molecule has 0 spiro atoms. The van der Waals surface area contributed by atoms with Crippen molar-refractivity contribution in [3.05, 3.63) is 90.1 Å². The molecule has 164 valence electrons. The number of hydrogen-bond acceptors (Lipinski definition) is 5. The van der Waals surface area contributed by atoms with Gasteiger partial charge in [0.15, 0.2) is 5.76 Å². The van der Waals surface area contributed by atoms with E-state index in [0.717, 1.165) is 48.4 Å². The van der Waals surface area contributed by atoms with E-state index in [9.17, 15) is 4.79 Å². The van der Waals surface area contributed by atoms with Crippen molar-refractivity contribution in [3.8, 4) is 5.75 Å². The molecule has 5 rings (SSSR count). The molecule has 0 aliphatic carbocycles. The molecule has 1 N–H and O–H groups in total. The Hall–Kier alpha value is -3.51. The lowest BCUT2D eigenvalue weighted by molar-refractivity contribution is 0.0905. The zero-order valence-corrected chi connectivity index (χ0v) is 17.8. The van der Waals surface area contributed by atoms with Gasteiger partial charge in [0.25, 0.3) is 5.91 Å². The molecule has 0 bridgehead atoms. The lowest BCUT2D eigenvalue weighted by atomic mass is 10.1. The molecular weight excluding hydrogens is 404 g/mol. The van der Waals surface area contributed by atoms with Crippen molar-refractivity contribution in [2.75, 3.05) is 19.6 Å². The van der Waals surface area contributed by atoms with Crippen LogP contribution in [0.4, 0.5) is 0 Å². The van der Waals surface area contributed by atoms with Gasteiger partial charge in [0.1, 0.15) is 23.7 Å². The van der Waals surface area contributed by atoms with Crippen LogP contribution in [0.15, 0.2) is 81.8 Å². The second-order valence-corrected chi connectivity index (χ2v) is 7.99. The topological polar surface area (TPSA) is 67.9 Å². The van der Waals surface area contributed by atoms with Crippen molar-refractivity contribution in [1.29, 1.82) is 0 Å². The Balaban J connectivity index is 1.36. The number of benzene rings is 2. The second kappa shape index (κ2) is 9.32. The van der Waals surface area contributed by atoms with Crippen molar-refractivity contribution in [2.24, 2.45) is 0 Å². The summed E-state index contributed by atoms with van der Waals surface area (Å²) in [5, 5.41) is 3.96. The van der Waals surface area contributed by atoms with Crippen molar-refractivity contribution < 1.29 is 18.4 Å². The minimum atomic E-state index is -0.247. The minimum Gasteiger partial charge on any atom is -0.489 e. The van der Waals surface area contributed by atoms with Crippen LogP contribution in [-0.2, 0) is 6.61 Å². The summed E-state index contributed by atoms with van der Waals surface area (Å²) in [6.07, 6.45) is 4.00. The maximum Gasteiger partial charge on any atom is 0.287 e. The first-order chi connectivity index (χ1) is 15.8. The largest absolute Gasteiger partial charge is 0.489 e. The molecule has 0 unspecified atom stereocenters. The summed E-state index contributed by atoms with van der Waals surface area (Å²) in [5.74, 6) is 1.66. The van der Waals surface area contributed by atoms with E-state index in [1.165, 1.54) is 0 Å². The predicted molar refractivity (Wildman–Crippen MR) is 122 cm³/mol. The smallest absolute Gasteiger partial charge is 0.287 e. The summed E-state index contributed by atoms with van der Waals surface area (Å²) in [6, 6.07) is 21.1. The molecule has 1 aliphatic heterocycles. The fraction of sp³-hybridized carbons (Fsp3) is 0.269. The Morgan fingerprint density at radius 3 is 2.56 bits per heavy atom. The van der Waals surface area contributed by atoms with Gasteiger partial charge in [-0.1, -0.05) is 36.4 Å². The number of nitrogens with one attached hydrogen (secondary N) is 1. The maximum absolute atomic E-state index is 13.2. The number of amides is 1. The van der Waals surface area contributed by atoms with E-state index < -0.39 is 0 Å². The van der Waals surface area contributed by atoms with Crippen LogP contribution in [-0.4, -0.2) is 30.4 Å². The standard InChI is InChI=1S/C26H26N2O4/c29-26(27-17-22(24-13-8-16-30-24)28-14-6-7-15-28)25-21(18-31-19-9-2-1-3-10-19)20-11-4-5-12-23(20)32-25/h1-5,8-13,16,22H,6-7,14-15,17-18H2,(H,27,29)/t22-/m0/s1. The quantitative estimate of drug-likeness (QED) is 0.418. The highest BCUT2D eigenvalue weighted by molar-refractivity contribution is 5.99. The van der Waals surface area contributed by atoms with E-state index >= 15 is 0 Å². The number of hydrogen-bond donors (Lipinski definition) is 1. The van der Waals surface area contributed by atoms with Gasteiger partial charge in [-0.2, -0.15) is 0 Å². The molecule has 2 aromatic carbocycles. The lowest BCUT2D eigenvalue weighted by Gasteiger charge is -2.25. The molecule has 32 heavy (non-hydrogen) atoms. The number of fused-ring (bicyclic) bond motifs is 1. The van der Waals surface area contributed by atoms with Crippen molar-refractivity contribution >= 4 is 16.9 Å². The van der Waals surface area contributed by atoms with Crippen molar-refractivity contribution in [2.45, 2.75) is 25.5 Å². The Morgan fingerprint density at radius 2 is 1.78 bits per heavy atom. The first-order valence-electron chi connectivity index (χ1n) is 11.0. The fourth-order valence-electron chi connectivity index (χ4n) is 4.31. The molecule has 0 saturated carbocycles. The fourth-order valence-corrected chi connectivity index (χ4v) is 4.31. The third-order valence-corrected chi connectivity index (χ3v) is 5.94. The summed E-state index contributed by atoms with van der Waals surface area (Å²) in [7, 11) is 0. The molecule has 1 saturated heterocycles. The van der Waals surface area contributed by atoms with Gasteiger partial charge in [0, 0.05) is 17.5 Å². The number of carbonyl (C=O) groups is 1. The minimum absolute atomic E-state index is 0.00449. The monoisotopic (exact) mass is 430 g/mol. The van der Waals surface area contributed by atoms with E-state index in [2.05, 4.69) is 10.2 Å². The third kappa shape index (κ3) is 4.27. The van der Waals surface area contributed by atoms with E-state index in [0.29, 0.717) is 17.9 Å². The molecular formula is C26H26N2O4. The third-order valence-electron chi connectivity index (χ3n) is 5.94. The SMILES string of the molecule is O=C(NC[C@@H](c1ccco1)N1CCCC1)c1oc2ccccc2c1COc1ccccc1. The molecule has 4 aromatic rings. The van der Waals surface area contributed by atoms with Gasteiger partial charge in [-0.05, 0) is 56.3 Å². The summed E-state index contributed by atoms with van der Waals surface area (Å²) in [5.41, 5.74) is 1.42. The Morgan fingerprint density at radius 1 is 1.00 bits per heavy atom. The van der Waals surface area contributed by atoms with Crippen LogP contribution >= 0.6 is 0 Å². The first kappa shape index (κ1) is 20.4. The average Bonchev–Trinajstić information content (AvgIpc) is 3.60. The molecule has 1 amide bonds. The normalized spacial score (nSPS) is 15.1. The Kier molecular flexibility index (Phi) is 5.94. The zero-order valence-electron chi connectivity index (χ0n) is 17.8. The summed E-state index contributed by atoms with van der Waals surface area (Å²) in [6.45, 7) is 2.70. The summed E-state index contributed by atoms with van der Waals surface area (Å²) >= 11 is 0. The van der Waals surface area contributed by atoms with Crippen LogP contribution in [0.2, 0.25) is 0 Å². The predicted octanol–water partition coefficient (Wildman–Crippen LogP) is 5.17. The number of ether oxygens (including phenoxy) is 1. The van der Waals surface area contributed by atoms with Gasteiger partial charge in [-0.25, -0.2) is 0 Å². The number of carbonyl (C=O) groups excluding carboxylic acids is 1. The van der Waals surface area contributed by atoms with Crippen molar-refractivity contribution in [1.82, 2.24) is 10.2 Å². The van der Waals surface area contributed by atoms with E-state index in [1.54, 1.807) is 6.26 Å². The van der Waals surface area contributed by atoms with Gasteiger partial charge >= 0.3 is 0 Å². The number of furan rings is 2. The molecule has 2 aromatic heterocycles. The molecule has 0 radical (unpaired) electrons. The highest BCUT2D eigenvalue weighted by Gasteiger charge is 2.27. The van der Waals surface area contributed by atoms with Crippen molar-refractivity contribution in [3.63, 3.8) is 0 Å². The molecule has 1 fully saturated rings. The van der Waals surface area contributed by atoms with Crippen LogP contribution in [0.3, 0.4) is 0 Å². The van der Waals surface area contributed by atoms with Gasteiger partial charge in [-0.15, -0.1) is 0 Å². The average molecular weight is 431 g/mol. The van der Waals surface area contributed by atoms with E-state index in [-0.39, 0.29) is 18.6 Å². The maximum atomic E-state index is 13.2. The molecule has 1 aliphatic rings. The van der Waals surface area contributed by atoms with E-state index in [4.69, 9.17) is 13.6 Å². The van der Waals surface area contributed by atoms with Crippen LogP contribution < -0.4 is 10.1 Å². The van der Waals surface area contributed by atoms with Crippen LogP contribution in [0.5, 0.6) is 5.75 Å². The number of nitrogens with zero attached hydrogens (tertiary/aromatic N) is 1. The van der Waals surface area contributed by atoms with Gasteiger partial charge < -0.3 is 18.9 Å². The number of likely N-dealkylation sites (tertiary alicyclic amines) is 1. The Bertz CT molecular complexity index is 1160.